The fourth-order valence-corrected chi connectivity index (χ4v) is 0.589. The van der Waals surface area contributed by atoms with Gasteiger partial charge in [0.2, 0.25) is 0 Å². The molecule has 0 fully saturated rings. The Balaban J connectivity index is 0. The molecule has 0 atom stereocenters. The fourth-order valence-electron chi connectivity index (χ4n) is 0.589. The van der Waals surface area contributed by atoms with Gasteiger partial charge in [-0.3, -0.25) is 0 Å². The van der Waals surface area contributed by atoms with Crippen LogP contribution < -0.4 is 0 Å². The van der Waals surface area contributed by atoms with Gasteiger partial charge in [-0.05, 0) is 5.56 Å². The van der Waals surface area contributed by atoms with Crippen molar-refractivity contribution in [3.63, 3.8) is 0 Å². The van der Waals surface area contributed by atoms with E-state index in [1.807, 2.05) is 36.4 Å². The molecule has 0 aliphatic rings. The fraction of sp³-hybridized carbons (Fsp3) is 0. The zero-order valence-corrected chi connectivity index (χ0v) is 8.32. The largest absolute Gasteiger partial charge is 0.193 e. The topological polar surface area (TPSA) is 23.8 Å². The van der Waals surface area contributed by atoms with E-state index in [-0.39, 0.29) is 0 Å². The maximum absolute atomic E-state index is 7.51. The van der Waals surface area contributed by atoms with Crippen molar-refractivity contribution in [3.05, 3.63) is 68.3 Å². The summed E-state index contributed by atoms with van der Waals surface area (Å²) in [5.74, 6) is 0. The summed E-state index contributed by atoms with van der Waals surface area (Å²) in [6, 6.07) is 11.7. The first-order valence-corrected chi connectivity index (χ1v) is 4.03. The molecule has 72 valence electrons. The second kappa shape index (κ2) is 13.5. The van der Waals surface area contributed by atoms with Gasteiger partial charge >= 0.3 is 0 Å². The van der Waals surface area contributed by atoms with Crippen molar-refractivity contribution < 1.29 is 0 Å². The van der Waals surface area contributed by atoms with Crippen LogP contribution in [-0.4, -0.2) is 0 Å². The van der Waals surface area contributed by atoms with Gasteiger partial charge in [0.1, 0.15) is 0 Å². The Hall–Kier alpha value is -2.07. The van der Waals surface area contributed by atoms with Crippen LogP contribution in [0.2, 0.25) is 0 Å². The molecule has 1 aromatic carbocycles. The van der Waals surface area contributed by atoms with Gasteiger partial charge in [-0.2, -0.15) is 5.26 Å². The minimum atomic E-state index is 1.17. The average Bonchev–Trinajstić information content (AvgIpc) is 2.33. The van der Waals surface area contributed by atoms with Gasteiger partial charge in [0.15, 0.2) is 0 Å². The molecule has 0 aliphatic carbocycles. The SMILES string of the molecule is C=C.C=CC#N.C=Cc1ccccc1. The second-order valence-corrected chi connectivity index (χ2v) is 1.95. The van der Waals surface area contributed by atoms with E-state index in [0.29, 0.717) is 0 Å². The summed E-state index contributed by atoms with van der Waals surface area (Å²) in [5, 5.41) is 7.51. The molecule has 0 spiro atoms. The molecule has 0 saturated heterocycles. The number of allylic oxidation sites excluding steroid dienone is 1. The Kier molecular flexibility index (Phi) is 14.0. The van der Waals surface area contributed by atoms with Crippen LogP contribution in [0.4, 0.5) is 0 Å². The third-order valence-corrected chi connectivity index (χ3v) is 1.13. The maximum atomic E-state index is 7.51. The average molecular weight is 185 g/mol. The summed E-state index contributed by atoms with van der Waals surface area (Å²) in [6.45, 7) is 12.7. The monoisotopic (exact) mass is 185 g/mol. The molecule has 0 aliphatic heterocycles. The lowest BCUT2D eigenvalue weighted by Gasteiger charge is -1.85. The van der Waals surface area contributed by atoms with Crippen molar-refractivity contribution in [1.82, 2.24) is 0 Å². The maximum Gasteiger partial charge on any atom is 0.0905 e. The minimum Gasteiger partial charge on any atom is -0.193 e. The highest BCUT2D eigenvalue weighted by atomic mass is 14.2. The van der Waals surface area contributed by atoms with E-state index in [4.69, 9.17) is 5.26 Å². The molecule has 0 radical (unpaired) electrons. The van der Waals surface area contributed by atoms with E-state index in [1.165, 1.54) is 11.6 Å². The van der Waals surface area contributed by atoms with Crippen LogP contribution in [0.25, 0.3) is 6.08 Å². The Morgan fingerprint density at radius 1 is 1.07 bits per heavy atom. The van der Waals surface area contributed by atoms with Gasteiger partial charge in [0, 0.05) is 6.08 Å². The first-order valence-electron chi connectivity index (χ1n) is 4.03. The van der Waals surface area contributed by atoms with E-state index >= 15 is 0 Å². The van der Waals surface area contributed by atoms with Crippen molar-refractivity contribution in [3.8, 4) is 6.07 Å². The standard InChI is InChI=1S/C8H8.C3H3N.C2H4/c1-2-8-6-4-3-5-7-8;1-2-3-4;1-2/h2-7H,1H2;2H,1H2;1-2H2. The van der Waals surface area contributed by atoms with Crippen LogP contribution in [0.1, 0.15) is 5.56 Å². The van der Waals surface area contributed by atoms with Gasteiger partial charge in [-0.1, -0.05) is 49.6 Å². The predicted molar refractivity (Wildman–Crippen MR) is 63.6 cm³/mol. The summed E-state index contributed by atoms with van der Waals surface area (Å²) in [6.07, 6.45) is 3.01. The van der Waals surface area contributed by atoms with Crippen molar-refractivity contribution in [2.45, 2.75) is 0 Å². The molecule has 1 nitrogen and oxygen atoms in total. The lowest BCUT2D eigenvalue weighted by molar-refractivity contribution is 1.54. The third-order valence-electron chi connectivity index (χ3n) is 1.13. The van der Waals surface area contributed by atoms with Crippen molar-refractivity contribution >= 4 is 6.08 Å². The van der Waals surface area contributed by atoms with Gasteiger partial charge in [0.05, 0.1) is 6.07 Å². The Morgan fingerprint density at radius 3 is 1.71 bits per heavy atom. The zero-order chi connectivity index (χ0) is 11.2. The normalized spacial score (nSPS) is 6.21. The van der Waals surface area contributed by atoms with Crippen LogP contribution in [0.5, 0.6) is 0 Å². The lowest BCUT2D eigenvalue weighted by Crippen LogP contribution is -1.63. The highest BCUT2D eigenvalue weighted by molar-refractivity contribution is 5.45. The van der Waals surface area contributed by atoms with Crippen LogP contribution >= 0.6 is 0 Å². The molecule has 1 aromatic rings. The first-order chi connectivity index (χ1) is 6.85. The van der Waals surface area contributed by atoms with Gasteiger partial charge in [-0.25, -0.2) is 0 Å². The van der Waals surface area contributed by atoms with Crippen molar-refractivity contribution in [2.75, 3.05) is 0 Å². The number of hydrogen-bond donors (Lipinski definition) is 0. The first kappa shape index (κ1) is 14.5. The molecule has 0 amide bonds. The number of benzene rings is 1. The zero-order valence-electron chi connectivity index (χ0n) is 8.32. The molecule has 14 heavy (non-hydrogen) atoms. The number of rotatable bonds is 1. The Bertz CT molecular complexity index is 280. The van der Waals surface area contributed by atoms with Gasteiger partial charge in [-0.15, -0.1) is 13.2 Å². The molecule has 0 N–H and O–H groups in total. The number of nitrogens with zero attached hydrogens (tertiary/aromatic N) is 1. The van der Waals surface area contributed by atoms with Crippen LogP contribution in [0, 0.1) is 11.3 Å². The summed E-state index contributed by atoms with van der Waals surface area (Å²) in [4.78, 5) is 0. The molecule has 0 aromatic heterocycles. The third kappa shape index (κ3) is 9.93. The second-order valence-electron chi connectivity index (χ2n) is 1.95. The molecular weight excluding hydrogens is 170 g/mol. The molecule has 0 saturated carbocycles. The molecular formula is C13H15N. The quantitative estimate of drug-likeness (QED) is 0.482. The smallest absolute Gasteiger partial charge is 0.0905 e. The predicted octanol–water partition coefficient (Wildman–Crippen LogP) is 3.83. The van der Waals surface area contributed by atoms with Crippen LogP contribution in [0.15, 0.2) is 62.7 Å². The molecule has 0 bridgehead atoms. The van der Waals surface area contributed by atoms with Crippen molar-refractivity contribution in [2.24, 2.45) is 0 Å². The molecule has 1 heteroatoms. The van der Waals surface area contributed by atoms with E-state index in [9.17, 15) is 0 Å². The summed E-state index contributed by atoms with van der Waals surface area (Å²) >= 11 is 0. The van der Waals surface area contributed by atoms with E-state index in [1.54, 1.807) is 6.07 Å². The number of nitriles is 1. The summed E-state index contributed by atoms with van der Waals surface area (Å²) in [5.41, 5.74) is 1.17. The highest BCUT2D eigenvalue weighted by Crippen LogP contribution is 1.97. The minimum absolute atomic E-state index is 1.17. The van der Waals surface area contributed by atoms with Gasteiger partial charge < -0.3 is 0 Å². The van der Waals surface area contributed by atoms with Gasteiger partial charge in [0.25, 0.3) is 0 Å². The summed E-state index contributed by atoms with van der Waals surface area (Å²) < 4.78 is 0. The van der Waals surface area contributed by atoms with Crippen LogP contribution in [0.3, 0.4) is 0 Å². The van der Waals surface area contributed by atoms with E-state index in [0.717, 1.165) is 0 Å². The molecule has 1 rings (SSSR count). The molecule has 0 heterocycles. The lowest BCUT2D eigenvalue weighted by atomic mass is 10.2. The van der Waals surface area contributed by atoms with E-state index < -0.39 is 0 Å². The van der Waals surface area contributed by atoms with Crippen molar-refractivity contribution in [1.29, 1.82) is 5.26 Å². The van der Waals surface area contributed by atoms with E-state index in [2.05, 4.69) is 26.3 Å². The Morgan fingerprint density at radius 2 is 1.50 bits per heavy atom. The highest BCUT2D eigenvalue weighted by Gasteiger charge is 1.75. The van der Waals surface area contributed by atoms with Crippen LogP contribution in [-0.2, 0) is 0 Å². The molecule has 0 unspecified atom stereocenters. The number of hydrogen-bond acceptors (Lipinski definition) is 1. The summed E-state index contributed by atoms with van der Waals surface area (Å²) in [7, 11) is 0. The Labute approximate surface area is 86.3 Å².